The van der Waals surface area contributed by atoms with E-state index in [-0.39, 0.29) is 12.8 Å². The van der Waals surface area contributed by atoms with Crippen LogP contribution in [-0.2, 0) is 13.0 Å². The van der Waals surface area contributed by atoms with Gasteiger partial charge in [0.2, 0.25) is 0 Å². The van der Waals surface area contributed by atoms with E-state index in [1.54, 1.807) is 18.2 Å². The first kappa shape index (κ1) is 11.1. The zero-order valence-corrected chi connectivity index (χ0v) is 8.26. The second-order valence-corrected chi connectivity index (χ2v) is 3.41. The molecule has 1 aromatic rings. The Morgan fingerprint density at radius 2 is 1.93 bits per heavy atom. The number of hydrogen-bond acceptors (Lipinski definition) is 1. The van der Waals surface area contributed by atoms with Gasteiger partial charge in [-0.05, 0) is 11.1 Å². The van der Waals surface area contributed by atoms with Gasteiger partial charge < -0.3 is 5.73 Å². The fraction of sp³-hybridized carbons (Fsp3) is 0.455. The molecule has 0 aliphatic rings. The van der Waals surface area contributed by atoms with E-state index in [2.05, 4.69) is 0 Å². The molecular formula is C11H15F2N. The summed E-state index contributed by atoms with van der Waals surface area (Å²) in [6.07, 6.45) is -0.322. The molecule has 2 N–H and O–H groups in total. The lowest BCUT2D eigenvalue weighted by Crippen LogP contribution is -2.17. The Balaban J connectivity index is 2.76. The average Bonchev–Trinajstić information content (AvgIpc) is 2.17. The summed E-state index contributed by atoms with van der Waals surface area (Å²) < 4.78 is 26.1. The predicted molar refractivity (Wildman–Crippen MR) is 53.3 cm³/mol. The highest BCUT2D eigenvalue weighted by atomic mass is 19.3. The molecule has 0 saturated heterocycles. The second kappa shape index (κ2) is 4.51. The summed E-state index contributed by atoms with van der Waals surface area (Å²) in [5.74, 6) is -2.60. The van der Waals surface area contributed by atoms with Crippen LogP contribution in [0.3, 0.4) is 0 Å². The van der Waals surface area contributed by atoms with Crippen LogP contribution >= 0.6 is 0 Å². The fourth-order valence-corrected chi connectivity index (χ4v) is 1.29. The molecular weight excluding hydrogens is 184 g/mol. The molecule has 78 valence electrons. The van der Waals surface area contributed by atoms with Crippen molar-refractivity contribution < 1.29 is 8.78 Å². The fourth-order valence-electron chi connectivity index (χ4n) is 1.29. The van der Waals surface area contributed by atoms with Gasteiger partial charge in [0.15, 0.2) is 0 Å². The molecule has 0 amide bonds. The van der Waals surface area contributed by atoms with E-state index in [0.29, 0.717) is 12.1 Å². The third-order valence-electron chi connectivity index (χ3n) is 2.21. The zero-order valence-electron chi connectivity index (χ0n) is 8.26. The van der Waals surface area contributed by atoms with E-state index in [4.69, 9.17) is 5.73 Å². The summed E-state index contributed by atoms with van der Waals surface area (Å²) in [7, 11) is 0. The molecule has 0 spiro atoms. The van der Waals surface area contributed by atoms with Crippen LogP contribution in [0.25, 0.3) is 0 Å². The van der Waals surface area contributed by atoms with E-state index in [0.717, 1.165) is 5.56 Å². The van der Waals surface area contributed by atoms with Gasteiger partial charge in [0.05, 0.1) is 0 Å². The number of hydrogen-bond donors (Lipinski definition) is 1. The van der Waals surface area contributed by atoms with Gasteiger partial charge in [0, 0.05) is 19.4 Å². The van der Waals surface area contributed by atoms with Crippen LogP contribution < -0.4 is 5.73 Å². The lowest BCUT2D eigenvalue weighted by atomic mass is 10.0. The molecule has 3 heteroatoms. The van der Waals surface area contributed by atoms with Crippen LogP contribution in [0.1, 0.15) is 24.5 Å². The van der Waals surface area contributed by atoms with E-state index < -0.39 is 5.92 Å². The zero-order chi connectivity index (χ0) is 10.6. The van der Waals surface area contributed by atoms with E-state index >= 15 is 0 Å². The smallest absolute Gasteiger partial charge is 0.251 e. The minimum absolute atomic E-state index is 0.125. The predicted octanol–water partition coefficient (Wildman–Crippen LogP) is 2.73. The third kappa shape index (κ3) is 3.07. The Morgan fingerprint density at radius 1 is 1.29 bits per heavy atom. The topological polar surface area (TPSA) is 26.0 Å². The summed E-state index contributed by atoms with van der Waals surface area (Å²) >= 11 is 0. The van der Waals surface area contributed by atoms with Gasteiger partial charge in [-0.15, -0.1) is 0 Å². The van der Waals surface area contributed by atoms with Crippen molar-refractivity contribution in [1.29, 1.82) is 0 Å². The average molecular weight is 199 g/mol. The molecule has 0 aromatic heterocycles. The van der Waals surface area contributed by atoms with Gasteiger partial charge in [0.25, 0.3) is 5.92 Å². The van der Waals surface area contributed by atoms with Crippen molar-refractivity contribution in [3.05, 3.63) is 35.4 Å². The van der Waals surface area contributed by atoms with Crippen molar-refractivity contribution in [3.8, 4) is 0 Å². The first-order chi connectivity index (χ1) is 6.57. The van der Waals surface area contributed by atoms with Gasteiger partial charge >= 0.3 is 0 Å². The maximum atomic E-state index is 13.0. The van der Waals surface area contributed by atoms with Crippen molar-refractivity contribution in [2.24, 2.45) is 5.73 Å². The Morgan fingerprint density at radius 3 is 2.50 bits per heavy atom. The summed E-state index contributed by atoms with van der Waals surface area (Å²) in [4.78, 5) is 0. The molecule has 0 fully saturated rings. The van der Waals surface area contributed by atoms with Gasteiger partial charge in [-0.2, -0.15) is 0 Å². The van der Waals surface area contributed by atoms with Crippen molar-refractivity contribution in [3.63, 3.8) is 0 Å². The summed E-state index contributed by atoms with van der Waals surface area (Å²) in [5, 5.41) is 0. The van der Waals surface area contributed by atoms with Crippen LogP contribution in [0.2, 0.25) is 0 Å². The minimum atomic E-state index is -2.60. The lowest BCUT2D eigenvalue weighted by Gasteiger charge is -2.14. The molecule has 0 saturated carbocycles. The first-order valence-electron chi connectivity index (χ1n) is 4.73. The van der Waals surface area contributed by atoms with Crippen molar-refractivity contribution in [2.45, 2.75) is 32.2 Å². The van der Waals surface area contributed by atoms with Crippen LogP contribution in [0.5, 0.6) is 0 Å². The molecule has 0 heterocycles. The Hall–Kier alpha value is -0.960. The van der Waals surface area contributed by atoms with Crippen LogP contribution in [0, 0.1) is 0 Å². The largest absolute Gasteiger partial charge is 0.326 e. The number of benzene rings is 1. The quantitative estimate of drug-likeness (QED) is 0.792. The molecule has 0 radical (unpaired) electrons. The highest BCUT2D eigenvalue weighted by Crippen LogP contribution is 2.23. The number of nitrogens with two attached hydrogens (primary N) is 1. The van der Waals surface area contributed by atoms with E-state index in [1.807, 2.05) is 6.07 Å². The van der Waals surface area contributed by atoms with Crippen LogP contribution in [0.4, 0.5) is 8.78 Å². The van der Waals surface area contributed by atoms with Gasteiger partial charge in [-0.3, -0.25) is 0 Å². The standard InChI is InChI=1S/C11H15F2N/c1-2-11(12,13)7-9-4-3-5-10(6-9)8-14/h3-6H,2,7-8,14H2,1H3. The second-order valence-electron chi connectivity index (χ2n) is 3.41. The Kier molecular flexibility index (Phi) is 3.58. The van der Waals surface area contributed by atoms with E-state index in [9.17, 15) is 8.78 Å². The monoisotopic (exact) mass is 199 g/mol. The highest BCUT2D eigenvalue weighted by Gasteiger charge is 2.26. The maximum absolute atomic E-state index is 13.0. The van der Waals surface area contributed by atoms with Crippen LogP contribution in [-0.4, -0.2) is 5.92 Å². The molecule has 1 nitrogen and oxygen atoms in total. The summed E-state index contributed by atoms with van der Waals surface area (Å²) in [6.45, 7) is 1.89. The van der Waals surface area contributed by atoms with Gasteiger partial charge in [0.1, 0.15) is 0 Å². The molecule has 0 bridgehead atoms. The SMILES string of the molecule is CCC(F)(F)Cc1cccc(CN)c1. The van der Waals surface area contributed by atoms with Crippen molar-refractivity contribution >= 4 is 0 Å². The van der Waals surface area contributed by atoms with Crippen molar-refractivity contribution in [1.82, 2.24) is 0 Å². The number of rotatable bonds is 4. The highest BCUT2D eigenvalue weighted by molar-refractivity contribution is 5.24. The minimum Gasteiger partial charge on any atom is -0.326 e. The van der Waals surface area contributed by atoms with Crippen molar-refractivity contribution in [2.75, 3.05) is 0 Å². The van der Waals surface area contributed by atoms with Gasteiger partial charge in [-0.25, -0.2) is 8.78 Å². The molecule has 0 aliphatic carbocycles. The molecule has 0 unspecified atom stereocenters. The molecule has 14 heavy (non-hydrogen) atoms. The normalized spacial score (nSPS) is 11.7. The van der Waals surface area contributed by atoms with Crippen LogP contribution in [0.15, 0.2) is 24.3 Å². The summed E-state index contributed by atoms with van der Waals surface area (Å²) in [6, 6.07) is 7.06. The Labute approximate surface area is 82.9 Å². The van der Waals surface area contributed by atoms with E-state index in [1.165, 1.54) is 6.92 Å². The summed E-state index contributed by atoms with van der Waals surface area (Å²) in [5.41, 5.74) is 6.98. The molecule has 1 aromatic carbocycles. The first-order valence-corrected chi connectivity index (χ1v) is 4.73. The number of alkyl halides is 2. The lowest BCUT2D eigenvalue weighted by molar-refractivity contribution is -0.00220. The Bertz CT molecular complexity index is 297. The molecule has 1 rings (SSSR count). The molecule has 0 atom stereocenters. The number of halogens is 2. The maximum Gasteiger partial charge on any atom is 0.251 e. The van der Waals surface area contributed by atoms with Gasteiger partial charge in [-0.1, -0.05) is 31.2 Å². The third-order valence-corrected chi connectivity index (χ3v) is 2.21. The molecule has 0 aliphatic heterocycles.